The fourth-order valence-electron chi connectivity index (χ4n) is 1.95. The second-order valence-corrected chi connectivity index (χ2v) is 4.49. The maximum Gasteiger partial charge on any atom is 0.343 e. The number of hydrogen-bond donors (Lipinski definition) is 1. The van der Waals surface area contributed by atoms with Crippen molar-refractivity contribution in [2.45, 2.75) is 13.5 Å². The van der Waals surface area contributed by atoms with Crippen LogP contribution in [0, 0.1) is 6.92 Å². The summed E-state index contributed by atoms with van der Waals surface area (Å²) in [6, 6.07) is 13.1. The van der Waals surface area contributed by atoms with E-state index in [0.29, 0.717) is 18.0 Å². The summed E-state index contributed by atoms with van der Waals surface area (Å²) in [6.07, 6.45) is 0. The van der Waals surface area contributed by atoms with Gasteiger partial charge in [0.2, 0.25) is 0 Å². The van der Waals surface area contributed by atoms with Gasteiger partial charge >= 0.3 is 5.97 Å². The quantitative estimate of drug-likeness (QED) is 0.686. The number of anilines is 1. The van der Waals surface area contributed by atoms with Gasteiger partial charge in [-0.05, 0) is 24.6 Å². The summed E-state index contributed by atoms with van der Waals surface area (Å²) in [7, 11) is 1.32. The molecule has 4 nitrogen and oxygen atoms in total. The molecule has 2 aromatic rings. The number of benzene rings is 2. The molecule has 0 spiro atoms. The summed E-state index contributed by atoms with van der Waals surface area (Å²) in [5.74, 6) is -0.0688. The van der Waals surface area contributed by atoms with Crippen molar-refractivity contribution in [3.63, 3.8) is 0 Å². The Hall–Kier alpha value is -2.49. The third-order valence-corrected chi connectivity index (χ3v) is 2.92. The second-order valence-electron chi connectivity index (χ2n) is 4.49. The molecule has 0 bridgehead atoms. The Bertz CT molecular complexity index is 623. The van der Waals surface area contributed by atoms with E-state index in [-0.39, 0.29) is 5.56 Å². The van der Waals surface area contributed by atoms with E-state index >= 15 is 0 Å². The number of carbonyl (C=O) groups excluding carboxylic acids is 1. The van der Waals surface area contributed by atoms with Crippen molar-refractivity contribution in [1.29, 1.82) is 0 Å². The Labute approximate surface area is 118 Å². The zero-order valence-electron chi connectivity index (χ0n) is 11.6. The van der Waals surface area contributed by atoms with Crippen LogP contribution >= 0.6 is 0 Å². The Morgan fingerprint density at radius 1 is 1.20 bits per heavy atom. The molecule has 104 valence electrons. The molecule has 20 heavy (non-hydrogen) atoms. The minimum atomic E-state index is -0.498. The van der Waals surface area contributed by atoms with Gasteiger partial charge < -0.3 is 15.2 Å². The zero-order chi connectivity index (χ0) is 14.5. The van der Waals surface area contributed by atoms with Crippen molar-refractivity contribution in [3.05, 3.63) is 59.2 Å². The van der Waals surface area contributed by atoms with Crippen LogP contribution in [0.4, 0.5) is 5.69 Å². The lowest BCUT2D eigenvalue weighted by atomic mass is 10.1. The molecule has 0 aliphatic rings. The van der Waals surface area contributed by atoms with Gasteiger partial charge in [-0.15, -0.1) is 0 Å². The number of carbonyl (C=O) groups is 1. The van der Waals surface area contributed by atoms with Crippen molar-refractivity contribution in [2.24, 2.45) is 0 Å². The van der Waals surface area contributed by atoms with E-state index in [1.54, 1.807) is 18.2 Å². The van der Waals surface area contributed by atoms with Crippen LogP contribution in [0.15, 0.2) is 42.5 Å². The van der Waals surface area contributed by atoms with Crippen LogP contribution in [0.3, 0.4) is 0 Å². The number of nitrogen functional groups attached to an aromatic ring is 1. The predicted molar refractivity (Wildman–Crippen MR) is 77.7 cm³/mol. The molecule has 4 heteroatoms. The van der Waals surface area contributed by atoms with Gasteiger partial charge in [-0.1, -0.05) is 35.9 Å². The van der Waals surface area contributed by atoms with Crippen LogP contribution in [0.2, 0.25) is 0 Å². The van der Waals surface area contributed by atoms with Gasteiger partial charge in [0.25, 0.3) is 0 Å². The first-order valence-corrected chi connectivity index (χ1v) is 6.27. The largest absolute Gasteiger partial charge is 0.488 e. The van der Waals surface area contributed by atoms with E-state index in [1.165, 1.54) is 7.11 Å². The van der Waals surface area contributed by atoms with Gasteiger partial charge in [0.1, 0.15) is 17.9 Å². The number of rotatable bonds is 4. The molecule has 0 unspecified atom stereocenters. The highest BCUT2D eigenvalue weighted by molar-refractivity contribution is 5.98. The molecule has 0 heterocycles. The summed E-state index contributed by atoms with van der Waals surface area (Å²) in [6.45, 7) is 2.39. The fraction of sp³-hybridized carbons (Fsp3) is 0.188. The van der Waals surface area contributed by atoms with E-state index in [4.69, 9.17) is 15.2 Å². The summed E-state index contributed by atoms with van der Waals surface area (Å²) < 4.78 is 10.4. The van der Waals surface area contributed by atoms with E-state index in [2.05, 4.69) is 0 Å². The number of hydrogen-bond acceptors (Lipinski definition) is 4. The molecule has 0 saturated heterocycles. The molecular formula is C16H17NO3. The number of ether oxygens (including phenoxy) is 2. The van der Waals surface area contributed by atoms with E-state index < -0.39 is 5.97 Å². The maximum absolute atomic E-state index is 11.7. The molecule has 2 N–H and O–H groups in total. The van der Waals surface area contributed by atoms with Gasteiger partial charge in [-0.3, -0.25) is 0 Å². The first kappa shape index (κ1) is 13.9. The number of methoxy groups -OCH3 is 1. The Morgan fingerprint density at radius 2 is 1.95 bits per heavy atom. The van der Waals surface area contributed by atoms with Crippen molar-refractivity contribution in [3.8, 4) is 5.75 Å². The minimum Gasteiger partial charge on any atom is -0.488 e. The maximum atomic E-state index is 11.7. The molecule has 0 saturated carbocycles. The first-order chi connectivity index (χ1) is 9.61. The number of esters is 1. The first-order valence-electron chi connectivity index (χ1n) is 6.27. The molecule has 2 aromatic carbocycles. The molecule has 0 amide bonds. The average Bonchev–Trinajstić information content (AvgIpc) is 2.44. The van der Waals surface area contributed by atoms with Crippen molar-refractivity contribution < 1.29 is 14.3 Å². The lowest BCUT2D eigenvalue weighted by Crippen LogP contribution is -2.09. The third-order valence-electron chi connectivity index (χ3n) is 2.92. The fourth-order valence-corrected chi connectivity index (χ4v) is 1.95. The third kappa shape index (κ3) is 3.09. The van der Waals surface area contributed by atoms with Gasteiger partial charge in [-0.2, -0.15) is 0 Å². The van der Waals surface area contributed by atoms with Crippen molar-refractivity contribution >= 4 is 11.7 Å². The smallest absolute Gasteiger partial charge is 0.343 e. The van der Waals surface area contributed by atoms with E-state index in [1.807, 2.05) is 31.2 Å². The molecule has 0 atom stereocenters. The number of nitrogens with two attached hydrogens (primary N) is 1. The monoisotopic (exact) mass is 271 g/mol. The summed E-state index contributed by atoms with van der Waals surface area (Å²) in [4.78, 5) is 11.7. The molecule has 0 fully saturated rings. The van der Waals surface area contributed by atoms with Crippen LogP contribution in [0.1, 0.15) is 21.5 Å². The van der Waals surface area contributed by atoms with Crippen molar-refractivity contribution in [2.75, 3.05) is 12.8 Å². The molecule has 0 radical (unpaired) electrons. The van der Waals surface area contributed by atoms with Crippen LogP contribution in [0.25, 0.3) is 0 Å². The van der Waals surface area contributed by atoms with Gasteiger partial charge in [0.15, 0.2) is 0 Å². The predicted octanol–water partition coefficient (Wildman–Crippen LogP) is 2.94. The highest BCUT2D eigenvalue weighted by Crippen LogP contribution is 2.26. The molecular weight excluding hydrogens is 254 g/mol. The molecule has 2 rings (SSSR count). The Kier molecular flexibility index (Phi) is 4.25. The standard InChI is InChI=1S/C16H17NO3/c1-11-5-3-6-12(9-11)10-20-14-8-4-7-13(17)15(14)16(18)19-2/h3-9H,10,17H2,1-2H3. The summed E-state index contributed by atoms with van der Waals surface area (Å²) in [5, 5.41) is 0. The SMILES string of the molecule is COC(=O)c1c(N)cccc1OCc1cccc(C)c1. The molecule has 0 aliphatic carbocycles. The van der Waals surface area contributed by atoms with Gasteiger partial charge in [0.05, 0.1) is 7.11 Å². The Morgan fingerprint density at radius 3 is 2.65 bits per heavy atom. The Balaban J connectivity index is 2.21. The van der Waals surface area contributed by atoms with E-state index in [0.717, 1.165) is 11.1 Å². The van der Waals surface area contributed by atoms with Crippen LogP contribution in [-0.2, 0) is 11.3 Å². The lowest BCUT2D eigenvalue weighted by Gasteiger charge is -2.12. The average molecular weight is 271 g/mol. The van der Waals surface area contributed by atoms with Crippen molar-refractivity contribution in [1.82, 2.24) is 0 Å². The highest BCUT2D eigenvalue weighted by atomic mass is 16.5. The lowest BCUT2D eigenvalue weighted by molar-refractivity contribution is 0.0597. The summed E-state index contributed by atoms with van der Waals surface area (Å²) >= 11 is 0. The molecule has 0 aliphatic heterocycles. The minimum absolute atomic E-state index is 0.266. The highest BCUT2D eigenvalue weighted by Gasteiger charge is 2.16. The number of aryl methyl sites for hydroxylation is 1. The van der Waals surface area contributed by atoms with Crippen LogP contribution < -0.4 is 10.5 Å². The molecule has 0 aromatic heterocycles. The second kappa shape index (κ2) is 6.10. The van der Waals surface area contributed by atoms with Crippen LogP contribution in [0.5, 0.6) is 5.75 Å². The summed E-state index contributed by atoms with van der Waals surface area (Å²) in [5.41, 5.74) is 8.61. The normalized spacial score (nSPS) is 10.1. The van der Waals surface area contributed by atoms with E-state index in [9.17, 15) is 4.79 Å². The zero-order valence-corrected chi connectivity index (χ0v) is 11.6. The topological polar surface area (TPSA) is 61.5 Å². The van der Waals surface area contributed by atoms with Crippen LogP contribution in [-0.4, -0.2) is 13.1 Å². The van der Waals surface area contributed by atoms with Gasteiger partial charge in [-0.25, -0.2) is 4.79 Å². The van der Waals surface area contributed by atoms with Gasteiger partial charge in [0, 0.05) is 5.69 Å².